The number of aromatic hydroxyl groups is 1. The Balaban J connectivity index is 2.54. The molecule has 0 bridgehead atoms. The van der Waals surface area contributed by atoms with Crippen LogP contribution in [0.3, 0.4) is 0 Å². The number of phenolic OH excluding ortho intramolecular Hbond substituents is 1. The highest BCUT2D eigenvalue weighted by Crippen LogP contribution is 2.36. The van der Waals surface area contributed by atoms with Crippen LogP contribution in [0.5, 0.6) is 11.5 Å². The molecule has 1 aromatic heterocycles. The molecule has 0 atom stereocenters. The fourth-order valence-electron chi connectivity index (χ4n) is 2.29. The van der Waals surface area contributed by atoms with Gasteiger partial charge in [0.25, 0.3) is 0 Å². The third kappa shape index (κ3) is 3.74. The van der Waals surface area contributed by atoms with Gasteiger partial charge in [-0.05, 0) is 23.8 Å². The molecule has 0 spiro atoms. The molecule has 0 aliphatic heterocycles. The second kappa shape index (κ2) is 7.28. The highest BCUT2D eigenvalue weighted by atomic mass is 35.5. The van der Waals surface area contributed by atoms with Crippen LogP contribution < -0.4 is 4.74 Å². The molecule has 2 rings (SSSR count). The second-order valence-electron chi connectivity index (χ2n) is 5.69. The van der Waals surface area contributed by atoms with E-state index < -0.39 is 11.4 Å². The van der Waals surface area contributed by atoms with Crippen LogP contribution in [0.25, 0.3) is 0 Å². The predicted octanol–water partition coefficient (Wildman–Crippen LogP) is 4.08. The Bertz CT molecular complexity index is 745. The van der Waals surface area contributed by atoms with Crippen molar-refractivity contribution in [2.45, 2.75) is 19.3 Å². The van der Waals surface area contributed by atoms with Gasteiger partial charge >= 0.3 is 5.97 Å². The Hall–Kier alpha value is -1.98. The third-order valence-corrected chi connectivity index (χ3v) is 4.13. The average molecular weight is 370 g/mol. The van der Waals surface area contributed by atoms with Crippen molar-refractivity contribution in [1.29, 1.82) is 0 Å². The quantitative estimate of drug-likeness (QED) is 0.592. The maximum atomic E-state index is 11.6. The zero-order valence-electron chi connectivity index (χ0n) is 13.2. The van der Waals surface area contributed by atoms with E-state index in [0.29, 0.717) is 5.69 Å². The highest BCUT2D eigenvalue weighted by molar-refractivity contribution is 6.31. The van der Waals surface area contributed by atoms with Crippen molar-refractivity contribution in [3.05, 3.63) is 52.3 Å². The summed E-state index contributed by atoms with van der Waals surface area (Å²) in [5.74, 6) is -0.797. The van der Waals surface area contributed by atoms with Crippen molar-refractivity contribution in [3.8, 4) is 11.5 Å². The topological polar surface area (TPSA) is 79.7 Å². The van der Waals surface area contributed by atoms with Crippen molar-refractivity contribution in [1.82, 2.24) is 4.98 Å². The number of rotatable bonds is 6. The molecule has 0 saturated heterocycles. The Kier molecular flexibility index (Phi) is 5.57. The Labute approximate surface area is 149 Å². The standard InChI is InChI=1S/C17H17Cl2NO4/c1-17(2,10-3-5-11(21)6-4-10)13-9-12(16(22)23)14(15(19)20-13)24-8-7-18/h3-6,9,21H,7-8H2,1-2H3,(H,22,23). The number of nitrogens with zero attached hydrogens (tertiary/aromatic N) is 1. The molecule has 0 saturated carbocycles. The molecule has 0 fully saturated rings. The fraction of sp³-hybridized carbons (Fsp3) is 0.294. The number of hydrogen-bond donors (Lipinski definition) is 2. The number of pyridine rings is 1. The van der Waals surface area contributed by atoms with Gasteiger partial charge in [-0.2, -0.15) is 0 Å². The molecule has 1 aromatic carbocycles. The van der Waals surface area contributed by atoms with Crippen molar-refractivity contribution in [3.63, 3.8) is 0 Å². The normalized spacial score (nSPS) is 11.3. The summed E-state index contributed by atoms with van der Waals surface area (Å²) in [6.45, 7) is 3.91. The third-order valence-electron chi connectivity index (χ3n) is 3.71. The monoisotopic (exact) mass is 369 g/mol. The first-order valence-corrected chi connectivity index (χ1v) is 8.11. The van der Waals surface area contributed by atoms with Crippen molar-refractivity contribution < 1.29 is 19.7 Å². The van der Waals surface area contributed by atoms with Crippen LogP contribution in [-0.4, -0.2) is 33.7 Å². The number of carboxylic acids is 1. The zero-order chi connectivity index (χ0) is 17.9. The van der Waals surface area contributed by atoms with E-state index in [0.717, 1.165) is 5.56 Å². The molecule has 0 unspecified atom stereocenters. The first-order chi connectivity index (χ1) is 11.3. The second-order valence-corrected chi connectivity index (χ2v) is 6.43. The average Bonchev–Trinajstić information content (AvgIpc) is 2.53. The zero-order valence-corrected chi connectivity index (χ0v) is 14.7. The molecule has 0 radical (unpaired) electrons. The smallest absolute Gasteiger partial charge is 0.339 e. The van der Waals surface area contributed by atoms with Gasteiger partial charge in [0, 0.05) is 5.41 Å². The van der Waals surface area contributed by atoms with Gasteiger partial charge in [-0.3, -0.25) is 0 Å². The number of halogens is 2. The molecule has 0 aliphatic carbocycles. The van der Waals surface area contributed by atoms with Crippen LogP contribution in [0.4, 0.5) is 0 Å². The largest absolute Gasteiger partial charge is 0.508 e. The minimum atomic E-state index is -1.16. The molecule has 5 nitrogen and oxygen atoms in total. The maximum absolute atomic E-state index is 11.6. The van der Waals surface area contributed by atoms with Gasteiger partial charge in [-0.25, -0.2) is 9.78 Å². The van der Waals surface area contributed by atoms with E-state index >= 15 is 0 Å². The summed E-state index contributed by atoms with van der Waals surface area (Å²) in [5, 5.41) is 18.9. The summed E-state index contributed by atoms with van der Waals surface area (Å²) < 4.78 is 5.33. The molecule has 1 heterocycles. The summed E-state index contributed by atoms with van der Waals surface area (Å²) in [6, 6.07) is 8.08. The molecule has 0 amide bonds. The van der Waals surface area contributed by atoms with E-state index in [1.807, 2.05) is 13.8 Å². The van der Waals surface area contributed by atoms with Crippen molar-refractivity contribution in [2.75, 3.05) is 12.5 Å². The van der Waals surface area contributed by atoms with Crippen LogP contribution in [0.1, 0.15) is 35.5 Å². The van der Waals surface area contributed by atoms with Crippen LogP contribution in [0, 0.1) is 0 Å². The van der Waals surface area contributed by atoms with Crippen molar-refractivity contribution >= 4 is 29.2 Å². The number of aromatic nitrogens is 1. The molecule has 128 valence electrons. The number of phenols is 1. The van der Waals surface area contributed by atoms with Crippen LogP contribution in [-0.2, 0) is 5.41 Å². The number of aromatic carboxylic acids is 1. The molecular weight excluding hydrogens is 353 g/mol. The summed E-state index contributed by atoms with van der Waals surface area (Å²) in [5.41, 5.74) is 0.650. The Morgan fingerprint density at radius 2 is 1.92 bits per heavy atom. The predicted molar refractivity (Wildman–Crippen MR) is 92.7 cm³/mol. The minimum Gasteiger partial charge on any atom is -0.508 e. The number of alkyl halides is 1. The lowest BCUT2D eigenvalue weighted by atomic mass is 9.80. The van der Waals surface area contributed by atoms with Gasteiger partial charge in [0.1, 0.15) is 17.9 Å². The molecular formula is C17H17Cl2NO4. The maximum Gasteiger partial charge on any atom is 0.339 e. The number of ether oxygens (including phenoxy) is 1. The SMILES string of the molecule is CC(C)(c1ccc(O)cc1)c1cc(C(=O)O)c(OCCCl)c(Cl)n1. The summed E-state index contributed by atoms with van der Waals surface area (Å²) in [4.78, 5) is 15.9. The summed E-state index contributed by atoms with van der Waals surface area (Å²) >= 11 is 11.7. The first-order valence-electron chi connectivity index (χ1n) is 7.20. The summed E-state index contributed by atoms with van der Waals surface area (Å²) in [7, 11) is 0. The Morgan fingerprint density at radius 3 is 2.46 bits per heavy atom. The number of hydrogen-bond acceptors (Lipinski definition) is 4. The molecule has 2 N–H and O–H groups in total. The van der Waals surface area contributed by atoms with Gasteiger partial charge in [-0.1, -0.05) is 37.6 Å². The number of carboxylic acid groups (broad SMARTS) is 1. The van der Waals surface area contributed by atoms with E-state index in [2.05, 4.69) is 4.98 Å². The van der Waals surface area contributed by atoms with Gasteiger partial charge in [0.05, 0.1) is 11.6 Å². The highest BCUT2D eigenvalue weighted by Gasteiger charge is 2.29. The molecule has 0 aliphatic rings. The van der Waals surface area contributed by atoms with Gasteiger partial charge in [0.2, 0.25) is 0 Å². The van der Waals surface area contributed by atoms with E-state index in [1.165, 1.54) is 6.07 Å². The van der Waals surface area contributed by atoms with E-state index in [4.69, 9.17) is 27.9 Å². The van der Waals surface area contributed by atoms with E-state index in [1.54, 1.807) is 24.3 Å². The fourth-order valence-corrected chi connectivity index (χ4v) is 2.61. The van der Waals surface area contributed by atoms with Crippen LogP contribution in [0.2, 0.25) is 5.15 Å². The lowest BCUT2D eigenvalue weighted by Gasteiger charge is -2.26. The molecule has 2 aromatic rings. The van der Waals surface area contributed by atoms with E-state index in [-0.39, 0.29) is 34.7 Å². The van der Waals surface area contributed by atoms with Crippen LogP contribution >= 0.6 is 23.2 Å². The van der Waals surface area contributed by atoms with E-state index in [9.17, 15) is 15.0 Å². The lowest BCUT2D eigenvalue weighted by molar-refractivity contribution is 0.0692. The van der Waals surface area contributed by atoms with Gasteiger partial charge in [0.15, 0.2) is 10.9 Å². The minimum absolute atomic E-state index is 0.00933. The lowest BCUT2D eigenvalue weighted by Crippen LogP contribution is -2.22. The number of benzene rings is 1. The van der Waals surface area contributed by atoms with Gasteiger partial charge < -0.3 is 14.9 Å². The van der Waals surface area contributed by atoms with Gasteiger partial charge in [-0.15, -0.1) is 11.6 Å². The van der Waals surface area contributed by atoms with Crippen LogP contribution in [0.15, 0.2) is 30.3 Å². The molecule has 7 heteroatoms. The molecule has 24 heavy (non-hydrogen) atoms. The summed E-state index contributed by atoms with van der Waals surface area (Å²) in [6.07, 6.45) is 0. The Morgan fingerprint density at radius 1 is 1.29 bits per heavy atom. The first kappa shape index (κ1) is 18.4. The number of carbonyl (C=O) groups is 1. The van der Waals surface area contributed by atoms with Crippen molar-refractivity contribution in [2.24, 2.45) is 0 Å².